The highest BCUT2D eigenvalue weighted by Gasteiger charge is 2.37. The van der Waals surface area contributed by atoms with Gasteiger partial charge in [-0.3, -0.25) is 0 Å². The van der Waals surface area contributed by atoms with Crippen molar-refractivity contribution in [3.05, 3.63) is 73.4 Å². The third kappa shape index (κ3) is 4.24. The van der Waals surface area contributed by atoms with E-state index in [0.29, 0.717) is 5.41 Å². The van der Waals surface area contributed by atoms with Crippen LogP contribution in [0.4, 0.5) is 0 Å². The molecule has 2 bridgehead atoms. The Morgan fingerprint density at radius 1 is 0.947 bits per heavy atom. The quantitative estimate of drug-likeness (QED) is 0.538. The topological polar surface area (TPSA) is 0 Å². The van der Waals surface area contributed by atoms with E-state index in [9.17, 15) is 0 Å². The van der Waals surface area contributed by atoms with Crippen LogP contribution in [0, 0.1) is 11.3 Å². The molecule has 4 aliphatic rings. The Morgan fingerprint density at radius 2 is 1.53 bits per heavy atom. The van der Waals surface area contributed by atoms with Crippen LogP contribution in [0.15, 0.2) is 73.4 Å². The zero-order valence-corrected chi connectivity index (χ0v) is 11.7. The van der Waals surface area contributed by atoms with Crippen LogP contribution in [0.3, 0.4) is 0 Å². The van der Waals surface area contributed by atoms with E-state index in [0.717, 1.165) is 18.8 Å². The first-order valence-electron chi connectivity index (χ1n) is 7.31. The minimum atomic E-state index is 0.435. The maximum atomic E-state index is 3.86. The zero-order valence-electron chi connectivity index (χ0n) is 11.7. The number of hydrogen-bond donors (Lipinski definition) is 0. The maximum absolute atomic E-state index is 3.86. The molecule has 0 heterocycles. The average Bonchev–Trinajstić information content (AvgIpc) is 3.27. The third-order valence-electron chi connectivity index (χ3n) is 4.04. The van der Waals surface area contributed by atoms with Crippen molar-refractivity contribution >= 4 is 0 Å². The first-order chi connectivity index (χ1) is 9.35. The lowest BCUT2D eigenvalue weighted by Crippen LogP contribution is -2.05. The molecule has 1 fully saturated rings. The second kappa shape index (κ2) is 7.13. The fraction of sp³-hybridized carbons (Fsp3) is 0.368. The monoisotopic (exact) mass is 252 g/mol. The molecule has 0 aromatic heterocycles. The molecule has 0 aromatic carbocycles. The van der Waals surface area contributed by atoms with E-state index < -0.39 is 0 Å². The van der Waals surface area contributed by atoms with Crippen LogP contribution in [-0.2, 0) is 0 Å². The van der Waals surface area contributed by atoms with E-state index in [1.807, 2.05) is 0 Å². The lowest BCUT2D eigenvalue weighted by molar-refractivity contribution is 0.525. The van der Waals surface area contributed by atoms with Gasteiger partial charge in [0, 0.05) is 5.41 Å². The van der Waals surface area contributed by atoms with Crippen molar-refractivity contribution in [2.24, 2.45) is 11.3 Å². The van der Waals surface area contributed by atoms with Gasteiger partial charge in [0.2, 0.25) is 0 Å². The van der Waals surface area contributed by atoms with Crippen LogP contribution in [0.25, 0.3) is 0 Å². The number of fused-ring (bicyclic) bond motifs is 2. The van der Waals surface area contributed by atoms with Gasteiger partial charge in [-0.05, 0) is 38.0 Å². The van der Waals surface area contributed by atoms with Gasteiger partial charge in [0.05, 0.1) is 0 Å². The molecule has 0 amide bonds. The van der Waals surface area contributed by atoms with Crippen molar-refractivity contribution in [3.8, 4) is 0 Å². The van der Waals surface area contributed by atoms with Crippen molar-refractivity contribution in [1.29, 1.82) is 0 Å². The van der Waals surface area contributed by atoms with Gasteiger partial charge in [0.15, 0.2) is 0 Å². The zero-order chi connectivity index (χ0) is 13.4. The minimum Gasteiger partial charge on any atom is -0.102 e. The molecule has 4 aliphatic carbocycles. The molecule has 100 valence electrons. The van der Waals surface area contributed by atoms with Crippen LogP contribution >= 0.6 is 0 Å². The summed E-state index contributed by atoms with van der Waals surface area (Å²) in [5, 5.41) is 0. The highest BCUT2D eigenvalue weighted by molar-refractivity contribution is 5.21. The Bertz CT molecular complexity index is 389. The van der Waals surface area contributed by atoms with Gasteiger partial charge in [-0.2, -0.15) is 0 Å². The summed E-state index contributed by atoms with van der Waals surface area (Å²) >= 11 is 0. The van der Waals surface area contributed by atoms with Gasteiger partial charge in [0.25, 0.3) is 0 Å². The summed E-state index contributed by atoms with van der Waals surface area (Å²) in [5.41, 5.74) is 0.435. The molecule has 0 nitrogen and oxygen atoms in total. The second-order valence-corrected chi connectivity index (χ2v) is 5.48. The number of rotatable bonds is 1. The van der Waals surface area contributed by atoms with E-state index in [1.165, 1.54) is 19.3 Å². The van der Waals surface area contributed by atoms with Crippen LogP contribution in [0.2, 0.25) is 0 Å². The van der Waals surface area contributed by atoms with Gasteiger partial charge < -0.3 is 0 Å². The van der Waals surface area contributed by atoms with Gasteiger partial charge >= 0.3 is 0 Å². The summed E-state index contributed by atoms with van der Waals surface area (Å²) in [4.78, 5) is 0. The van der Waals surface area contributed by atoms with E-state index >= 15 is 0 Å². The summed E-state index contributed by atoms with van der Waals surface area (Å²) in [6.07, 6.45) is 29.9. The van der Waals surface area contributed by atoms with Crippen molar-refractivity contribution in [2.45, 2.75) is 32.1 Å². The molecule has 0 radical (unpaired) electrons. The van der Waals surface area contributed by atoms with Crippen molar-refractivity contribution < 1.29 is 0 Å². The van der Waals surface area contributed by atoms with Crippen LogP contribution < -0.4 is 0 Å². The molecular weight excluding hydrogens is 228 g/mol. The summed E-state index contributed by atoms with van der Waals surface area (Å²) in [7, 11) is 0. The molecule has 4 rings (SSSR count). The molecule has 0 N–H and O–H groups in total. The van der Waals surface area contributed by atoms with E-state index in [4.69, 9.17) is 0 Å². The molecular formula is C19H24. The standard InChI is InChI=1S/C9H12.2C5H6/c1-2-9-5-3-8(7-9)4-6-9;2*1-2-4-5-3-1/h2-3,5,8H,1,4,6-7H2;2*1-4H,5H2. The first-order valence-corrected chi connectivity index (χ1v) is 7.31. The van der Waals surface area contributed by atoms with Crippen molar-refractivity contribution in [3.63, 3.8) is 0 Å². The van der Waals surface area contributed by atoms with E-state index in [1.54, 1.807) is 0 Å². The normalized spacial score (nSPS) is 31.1. The van der Waals surface area contributed by atoms with Crippen LogP contribution in [0.5, 0.6) is 0 Å². The summed E-state index contributed by atoms with van der Waals surface area (Å²) < 4.78 is 0. The van der Waals surface area contributed by atoms with Crippen LogP contribution in [-0.4, -0.2) is 0 Å². The summed E-state index contributed by atoms with van der Waals surface area (Å²) in [6.45, 7) is 3.86. The van der Waals surface area contributed by atoms with Gasteiger partial charge in [-0.25, -0.2) is 0 Å². The fourth-order valence-electron chi connectivity index (χ4n) is 2.83. The predicted molar refractivity (Wildman–Crippen MR) is 84.9 cm³/mol. The molecule has 0 aromatic rings. The maximum Gasteiger partial charge on any atom is 0.00642 e. The second-order valence-electron chi connectivity index (χ2n) is 5.48. The number of hydrogen-bond acceptors (Lipinski definition) is 0. The smallest absolute Gasteiger partial charge is 0.00642 e. The molecule has 2 unspecified atom stereocenters. The first kappa shape index (κ1) is 13.9. The molecule has 0 aliphatic heterocycles. The molecule has 0 spiro atoms. The molecule has 0 heteroatoms. The Labute approximate surface area is 117 Å². The fourth-order valence-corrected chi connectivity index (χ4v) is 2.83. The number of allylic oxidation sites excluding steroid dienone is 11. The summed E-state index contributed by atoms with van der Waals surface area (Å²) in [5.74, 6) is 0.892. The van der Waals surface area contributed by atoms with E-state index in [2.05, 4.69) is 73.4 Å². The van der Waals surface area contributed by atoms with Gasteiger partial charge in [-0.1, -0.05) is 66.8 Å². The Hall–Kier alpha value is -1.56. The summed E-state index contributed by atoms with van der Waals surface area (Å²) in [6, 6.07) is 0. The highest BCUT2D eigenvalue weighted by Crippen LogP contribution is 2.49. The van der Waals surface area contributed by atoms with Gasteiger partial charge in [-0.15, -0.1) is 6.58 Å². The Balaban J connectivity index is 0.000000114. The minimum absolute atomic E-state index is 0.435. The van der Waals surface area contributed by atoms with Crippen LogP contribution in [0.1, 0.15) is 32.1 Å². The largest absolute Gasteiger partial charge is 0.102 e. The molecule has 0 saturated heterocycles. The predicted octanol–water partition coefficient (Wildman–Crippen LogP) is 5.53. The molecule has 19 heavy (non-hydrogen) atoms. The lowest BCUT2D eigenvalue weighted by atomic mass is 9.88. The average molecular weight is 252 g/mol. The molecule has 1 saturated carbocycles. The molecule has 2 atom stereocenters. The SMILES string of the molecule is C1=CCC=C1.C1=CCC=C1.C=CC12C=CC(CC1)C2. The Morgan fingerprint density at radius 3 is 1.68 bits per heavy atom. The third-order valence-corrected chi connectivity index (χ3v) is 4.04. The lowest BCUT2D eigenvalue weighted by Gasteiger charge is -2.16. The van der Waals surface area contributed by atoms with Crippen molar-refractivity contribution in [1.82, 2.24) is 0 Å². The van der Waals surface area contributed by atoms with Crippen molar-refractivity contribution in [2.75, 3.05) is 0 Å². The Kier molecular flexibility index (Phi) is 5.20. The highest BCUT2D eigenvalue weighted by atomic mass is 14.4. The van der Waals surface area contributed by atoms with E-state index in [-0.39, 0.29) is 0 Å². The van der Waals surface area contributed by atoms with Gasteiger partial charge in [0.1, 0.15) is 0 Å².